The molecule has 2 aromatic carbocycles. The summed E-state index contributed by atoms with van der Waals surface area (Å²) in [5.41, 5.74) is 4.33. The zero-order valence-corrected chi connectivity index (χ0v) is 18.9. The molecule has 7 heteroatoms. The predicted molar refractivity (Wildman–Crippen MR) is 132 cm³/mol. The van der Waals surface area contributed by atoms with Crippen LogP contribution in [0.5, 0.6) is 5.75 Å². The maximum Gasteiger partial charge on any atom is 0.374 e. The minimum atomic E-state index is -0.429. The number of carbonyl (C=O) groups is 1. The third kappa shape index (κ3) is 5.09. The van der Waals surface area contributed by atoms with E-state index in [0.29, 0.717) is 30.1 Å². The standard InChI is InChI=1S/C27H24BN3O3/c1-3-22(34-28)14-9-18(2)15-24-27(33)31-17-25(20-10-12-21(32)13-11-20)29-23(26(31)30-24)16-19-7-5-4-6-8-19/h3-14,17,24,32H,1,15-16H2,2H3/p+1/b18-9+,22-14+. The second-order valence-corrected chi connectivity index (χ2v) is 8.14. The van der Waals surface area contributed by atoms with Gasteiger partial charge in [-0.1, -0.05) is 48.6 Å². The minimum absolute atomic E-state index is 0.0533. The summed E-state index contributed by atoms with van der Waals surface area (Å²) in [6, 6.07) is 16.4. The van der Waals surface area contributed by atoms with E-state index in [1.54, 1.807) is 41.1 Å². The molecule has 0 spiro atoms. The zero-order valence-electron chi connectivity index (χ0n) is 18.9. The van der Waals surface area contributed by atoms with Gasteiger partial charge in [-0.25, -0.2) is 9.78 Å². The van der Waals surface area contributed by atoms with Crippen LogP contribution < -0.4 is 9.88 Å². The van der Waals surface area contributed by atoms with Gasteiger partial charge in [0.2, 0.25) is 0 Å². The average Bonchev–Trinajstić information content (AvgIpc) is 3.16. The lowest BCUT2D eigenvalue weighted by molar-refractivity contribution is -0.552. The van der Waals surface area contributed by atoms with Crippen molar-refractivity contribution in [2.45, 2.75) is 25.8 Å². The van der Waals surface area contributed by atoms with Crippen LogP contribution >= 0.6 is 0 Å². The Morgan fingerprint density at radius 1 is 1.21 bits per heavy atom. The van der Waals surface area contributed by atoms with Gasteiger partial charge in [0.15, 0.2) is 6.04 Å². The Morgan fingerprint density at radius 3 is 2.62 bits per heavy atom. The molecule has 1 aliphatic heterocycles. The molecule has 4 rings (SSSR count). The molecule has 3 aromatic rings. The van der Waals surface area contributed by atoms with Gasteiger partial charge in [0.1, 0.15) is 23.3 Å². The number of hydrogen-bond donors (Lipinski definition) is 2. The Bertz CT molecular complexity index is 1270. The molecule has 2 N–H and O–H groups in total. The minimum Gasteiger partial charge on any atom is -0.568 e. The fraction of sp³-hybridized carbons (Fsp3) is 0.148. The summed E-state index contributed by atoms with van der Waals surface area (Å²) in [6.45, 7) is 5.59. The highest BCUT2D eigenvalue weighted by molar-refractivity contribution is 5.99. The molecule has 1 aliphatic rings. The third-order valence-corrected chi connectivity index (χ3v) is 5.64. The molecule has 1 aromatic heterocycles. The topological polar surface area (TPSA) is 75.3 Å². The molecule has 0 saturated carbocycles. The number of phenols is 1. The molecule has 0 bridgehead atoms. The van der Waals surface area contributed by atoms with E-state index < -0.39 is 6.04 Å². The Hall–Kier alpha value is -4.13. The van der Waals surface area contributed by atoms with E-state index in [4.69, 9.17) is 17.7 Å². The van der Waals surface area contributed by atoms with Crippen LogP contribution in [0.25, 0.3) is 11.3 Å². The number of nitrogens with one attached hydrogen (secondary N) is 1. The number of rotatable bonds is 8. The molecule has 168 valence electrons. The van der Waals surface area contributed by atoms with Gasteiger partial charge in [-0.15, -0.1) is 0 Å². The Morgan fingerprint density at radius 2 is 1.94 bits per heavy atom. The van der Waals surface area contributed by atoms with E-state index in [0.717, 1.165) is 22.4 Å². The highest BCUT2D eigenvalue weighted by atomic mass is 16.4. The van der Waals surface area contributed by atoms with Crippen molar-refractivity contribution in [2.75, 3.05) is 5.32 Å². The fourth-order valence-corrected chi connectivity index (χ4v) is 3.87. The number of fused-ring (bicyclic) bond motifs is 1. The molecule has 0 aliphatic carbocycles. The smallest absolute Gasteiger partial charge is 0.374 e. The Kier molecular flexibility index (Phi) is 6.92. The van der Waals surface area contributed by atoms with Gasteiger partial charge in [0.05, 0.1) is 5.76 Å². The Balaban J connectivity index is 1.68. The number of anilines is 1. The van der Waals surface area contributed by atoms with Gasteiger partial charge in [-0.05, 0) is 48.9 Å². The van der Waals surface area contributed by atoms with Crippen molar-refractivity contribution in [1.29, 1.82) is 0 Å². The third-order valence-electron chi connectivity index (χ3n) is 5.64. The van der Waals surface area contributed by atoms with Gasteiger partial charge in [-0.2, -0.15) is 4.57 Å². The largest absolute Gasteiger partial charge is 0.568 e. The van der Waals surface area contributed by atoms with Crippen molar-refractivity contribution in [2.24, 2.45) is 0 Å². The predicted octanol–water partition coefficient (Wildman–Crippen LogP) is 4.27. The van der Waals surface area contributed by atoms with E-state index in [1.165, 1.54) is 6.08 Å². The summed E-state index contributed by atoms with van der Waals surface area (Å²) in [7, 11) is 5.20. The summed E-state index contributed by atoms with van der Waals surface area (Å²) >= 11 is 0. The second-order valence-electron chi connectivity index (χ2n) is 8.14. The van der Waals surface area contributed by atoms with Crippen LogP contribution in [0.1, 0.15) is 29.4 Å². The first-order valence-corrected chi connectivity index (χ1v) is 10.9. The van der Waals surface area contributed by atoms with Crippen LogP contribution in [0.4, 0.5) is 5.82 Å². The van der Waals surface area contributed by atoms with E-state index in [9.17, 15) is 9.90 Å². The maximum absolute atomic E-state index is 13.4. The van der Waals surface area contributed by atoms with Crippen LogP contribution in [0, 0.1) is 0 Å². The van der Waals surface area contributed by atoms with Crippen LogP contribution in [0.3, 0.4) is 0 Å². The lowest BCUT2D eigenvalue weighted by Crippen LogP contribution is -2.43. The van der Waals surface area contributed by atoms with Crippen LogP contribution in [0.2, 0.25) is 0 Å². The van der Waals surface area contributed by atoms with Gasteiger partial charge in [0.25, 0.3) is 0 Å². The molecular formula is C27H25BN3O3+. The van der Waals surface area contributed by atoms with Crippen molar-refractivity contribution < 1.29 is 19.1 Å². The fourth-order valence-electron chi connectivity index (χ4n) is 3.87. The number of aromatic hydroxyl groups is 1. The molecule has 0 amide bonds. The number of hydrogen-bond acceptors (Lipinski definition) is 5. The highest BCUT2D eigenvalue weighted by Gasteiger charge is 2.40. The van der Waals surface area contributed by atoms with Crippen molar-refractivity contribution in [3.8, 4) is 17.0 Å². The molecular weight excluding hydrogens is 425 g/mol. The number of phenolic OH excluding ortho intramolecular Hbond substituents is 1. The lowest BCUT2D eigenvalue weighted by atomic mass is 10.1. The second kappa shape index (κ2) is 10.2. The SMILES string of the molecule is [B]O/C(C=C)=C/C=C(\C)CC1Nc2c(Cc3ccccc3)nc(-c3ccc(O)cc3)c[n+]2C1=O. The van der Waals surface area contributed by atoms with Gasteiger partial charge >= 0.3 is 19.8 Å². The number of carbonyl (C=O) groups excluding carboxylic acids is 1. The maximum atomic E-state index is 13.4. The first-order chi connectivity index (χ1) is 16.5. The first-order valence-electron chi connectivity index (χ1n) is 10.9. The summed E-state index contributed by atoms with van der Waals surface area (Å²) in [5, 5.41) is 13.0. The highest BCUT2D eigenvalue weighted by Crippen LogP contribution is 2.26. The zero-order chi connectivity index (χ0) is 24.1. The van der Waals surface area contributed by atoms with Crippen LogP contribution in [-0.4, -0.2) is 30.1 Å². The van der Waals surface area contributed by atoms with Crippen LogP contribution in [0.15, 0.2) is 96.9 Å². The van der Waals surface area contributed by atoms with Crippen molar-refractivity contribution in [3.63, 3.8) is 0 Å². The molecule has 0 saturated heterocycles. The van der Waals surface area contributed by atoms with E-state index >= 15 is 0 Å². The number of allylic oxidation sites excluding steroid dienone is 3. The molecule has 1 unspecified atom stereocenters. The molecule has 34 heavy (non-hydrogen) atoms. The molecule has 1 atom stereocenters. The summed E-state index contributed by atoms with van der Waals surface area (Å²) < 4.78 is 6.37. The monoisotopic (exact) mass is 450 g/mol. The summed E-state index contributed by atoms with van der Waals surface area (Å²) in [5.74, 6) is 1.26. The normalized spacial score (nSPS) is 15.6. The van der Waals surface area contributed by atoms with Gasteiger partial charge < -0.3 is 9.76 Å². The number of aromatic nitrogens is 2. The number of benzene rings is 2. The Labute approximate surface area is 200 Å². The van der Waals surface area contributed by atoms with E-state index in [2.05, 4.69) is 11.9 Å². The molecule has 2 heterocycles. The lowest BCUT2D eigenvalue weighted by Gasteiger charge is -2.07. The van der Waals surface area contributed by atoms with Crippen molar-refractivity contribution in [3.05, 3.63) is 108 Å². The van der Waals surface area contributed by atoms with E-state index in [1.807, 2.05) is 43.3 Å². The summed E-state index contributed by atoms with van der Waals surface area (Å²) in [6.07, 6.45) is 7.92. The molecule has 6 nitrogen and oxygen atoms in total. The molecule has 0 fully saturated rings. The quantitative estimate of drug-likeness (QED) is 0.232. The number of nitrogens with zero attached hydrogens (tertiary/aromatic N) is 2. The van der Waals surface area contributed by atoms with E-state index in [-0.39, 0.29) is 11.7 Å². The van der Waals surface area contributed by atoms with Crippen molar-refractivity contribution >= 4 is 19.8 Å². The first kappa shape index (κ1) is 23.0. The van der Waals surface area contributed by atoms with Gasteiger partial charge in [0, 0.05) is 18.4 Å². The summed E-state index contributed by atoms with van der Waals surface area (Å²) in [4.78, 5) is 18.2. The molecule has 2 radical (unpaired) electrons. The van der Waals surface area contributed by atoms with Crippen molar-refractivity contribution in [1.82, 2.24) is 4.98 Å². The van der Waals surface area contributed by atoms with Gasteiger partial charge in [-0.3, -0.25) is 5.32 Å². The average molecular weight is 450 g/mol. The van der Waals surface area contributed by atoms with Crippen LogP contribution in [-0.2, 0) is 11.1 Å².